The van der Waals surface area contributed by atoms with E-state index in [0.29, 0.717) is 30.0 Å². The first-order valence-electron chi connectivity index (χ1n) is 13.1. The van der Waals surface area contributed by atoms with E-state index in [1.165, 1.54) is 12.1 Å². The Morgan fingerprint density at radius 3 is 2.36 bits per heavy atom. The van der Waals surface area contributed by atoms with Gasteiger partial charge in [-0.05, 0) is 74.4 Å². The normalized spacial score (nSPS) is 14.3. The number of fused-ring (bicyclic) bond motifs is 1. The molecule has 39 heavy (non-hydrogen) atoms. The number of ether oxygens (including phenoxy) is 2. The minimum atomic E-state index is -0.607. The molecule has 1 amide bonds. The molecular weight excluding hydrogens is 495 g/mol. The fraction of sp³-hybridized carbons (Fsp3) is 0.290. The molecule has 0 radical (unpaired) electrons. The lowest BCUT2D eigenvalue weighted by Crippen LogP contribution is -2.36. The highest BCUT2D eigenvalue weighted by atomic mass is 19.1. The Morgan fingerprint density at radius 1 is 1.03 bits per heavy atom. The van der Waals surface area contributed by atoms with Gasteiger partial charge in [-0.15, -0.1) is 0 Å². The highest BCUT2D eigenvalue weighted by Crippen LogP contribution is 2.38. The van der Waals surface area contributed by atoms with Crippen LogP contribution in [0.5, 0.6) is 0 Å². The van der Waals surface area contributed by atoms with Crippen molar-refractivity contribution in [2.24, 2.45) is 0 Å². The topological polar surface area (TPSA) is 79.5 Å². The standard InChI is InChI=1S/C31H31FN4O3/c1-20(2)36-29-18-26(35-14-16-38-17-15-35)12-13-27(29)28(19-33)30(36)23-6-10-25(11-7-23)34-31(37)39-21(3)22-4-8-24(32)9-5-22/h4-13,18,20-21H,14-17H2,1-3H3,(H,34,37)/t21-/m1/s1. The van der Waals surface area contributed by atoms with E-state index < -0.39 is 12.2 Å². The van der Waals surface area contributed by atoms with Crippen LogP contribution in [0.3, 0.4) is 0 Å². The first-order chi connectivity index (χ1) is 18.9. The van der Waals surface area contributed by atoms with Gasteiger partial charge in [-0.2, -0.15) is 5.26 Å². The van der Waals surface area contributed by atoms with Crippen LogP contribution in [0.15, 0.2) is 66.7 Å². The third-order valence-corrected chi connectivity index (χ3v) is 7.02. The second-order valence-electron chi connectivity index (χ2n) is 9.90. The Balaban J connectivity index is 1.41. The highest BCUT2D eigenvalue weighted by molar-refractivity contribution is 5.96. The summed E-state index contributed by atoms with van der Waals surface area (Å²) >= 11 is 0. The Labute approximate surface area is 227 Å². The molecule has 0 spiro atoms. The first kappa shape index (κ1) is 26.3. The first-order valence-corrected chi connectivity index (χ1v) is 13.1. The Hall–Kier alpha value is -4.35. The van der Waals surface area contributed by atoms with E-state index in [1.807, 2.05) is 18.2 Å². The van der Waals surface area contributed by atoms with Crippen molar-refractivity contribution in [3.63, 3.8) is 0 Å². The molecule has 1 aromatic heterocycles. The fourth-order valence-corrected chi connectivity index (χ4v) is 5.07. The molecule has 0 bridgehead atoms. The van der Waals surface area contributed by atoms with E-state index in [1.54, 1.807) is 31.2 Å². The van der Waals surface area contributed by atoms with Crippen LogP contribution < -0.4 is 10.2 Å². The lowest BCUT2D eigenvalue weighted by atomic mass is 10.1. The van der Waals surface area contributed by atoms with Gasteiger partial charge in [0.25, 0.3) is 0 Å². The zero-order valence-electron chi connectivity index (χ0n) is 22.3. The number of morpholine rings is 1. The van der Waals surface area contributed by atoms with Crippen molar-refractivity contribution >= 4 is 28.4 Å². The molecular formula is C31H31FN4O3. The number of nitrogens with zero attached hydrogens (tertiary/aromatic N) is 3. The van der Waals surface area contributed by atoms with E-state index in [4.69, 9.17) is 9.47 Å². The molecule has 2 heterocycles. The number of carbonyl (C=O) groups excluding carboxylic acids is 1. The number of aromatic nitrogens is 1. The lowest BCUT2D eigenvalue weighted by molar-refractivity contribution is 0.121. The number of nitriles is 1. The predicted octanol–water partition coefficient (Wildman–Crippen LogP) is 7.05. The maximum absolute atomic E-state index is 13.2. The number of hydrogen-bond donors (Lipinski definition) is 1. The fourth-order valence-electron chi connectivity index (χ4n) is 5.07. The summed E-state index contributed by atoms with van der Waals surface area (Å²) in [5.74, 6) is -0.343. The number of rotatable bonds is 6. The molecule has 0 saturated carbocycles. The predicted molar refractivity (Wildman–Crippen MR) is 150 cm³/mol. The van der Waals surface area contributed by atoms with E-state index in [9.17, 15) is 14.4 Å². The van der Waals surface area contributed by atoms with E-state index in [-0.39, 0.29) is 11.9 Å². The molecule has 4 aromatic rings. The van der Waals surface area contributed by atoms with E-state index >= 15 is 0 Å². The average molecular weight is 527 g/mol. The SMILES string of the molecule is CC(C)n1c(-c2ccc(NC(=O)O[C@H](C)c3ccc(F)cc3)cc2)c(C#N)c2ccc(N3CCOCC3)cc21. The van der Waals surface area contributed by atoms with Crippen LogP contribution in [-0.2, 0) is 9.47 Å². The molecule has 8 heteroatoms. The van der Waals surface area contributed by atoms with Crippen molar-refractivity contribution in [2.75, 3.05) is 36.5 Å². The highest BCUT2D eigenvalue weighted by Gasteiger charge is 2.22. The number of amides is 1. The Kier molecular flexibility index (Phi) is 7.53. The van der Waals surface area contributed by atoms with Gasteiger partial charge in [0.15, 0.2) is 0 Å². The summed E-state index contributed by atoms with van der Waals surface area (Å²) in [4.78, 5) is 14.8. The second-order valence-corrected chi connectivity index (χ2v) is 9.90. The molecule has 1 aliphatic heterocycles. The minimum Gasteiger partial charge on any atom is -0.441 e. The number of nitrogens with one attached hydrogen (secondary N) is 1. The van der Waals surface area contributed by atoms with Crippen molar-refractivity contribution in [2.45, 2.75) is 32.9 Å². The van der Waals surface area contributed by atoms with Gasteiger partial charge in [0.1, 0.15) is 18.0 Å². The molecule has 1 N–H and O–H groups in total. The summed E-state index contributed by atoms with van der Waals surface area (Å²) in [7, 11) is 0. The summed E-state index contributed by atoms with van der Waals surface area (Å²) in [5.41, 5.74) is 5.75. The van der Waals surface area contributed by atoms with Crippen molar-refractivity contribution in [3.05, 3.63) is 83.7 Å². The number of anilines is 2. The Morgan fingerprint density at radius 2 is 1.72 bits per heavy atom. The van der Waals surface area contributed by atoms with Crippen molar-refractivity contribution in [1.29, 1.82) is 5.26 Å². The van der Waals surface area contributed by atoms with Crippen LogP contribution in [0.4, 0.5) is 20.6 Å². The molecule has 0 aliphatic carbocycles. The summed E-state index contributed by atoms with van der Waals surface area (Å²) in [6.07, 6.45) is -1.14. The van der Waals surface area contributed by atoms with Crippen LogP contribution >= 0.6 is 0 Å². The third kappa shape index (κ3) is 5.45. The quantitative estimate of drug-likeness (QED) is 0.291. The zero-order chi connectivity index (χ0) is 27.5. The Bertz CT molecular complexity index is 1510. The van der Waals surface area contributed by atoms with Gasteiger partial charge in [-0.25, -0.2) is 9.18 Å². The number of carbonyl (C=O) groups is 1. The van der Waals surface area contributed by atoms with E-state index in [0.717, 1.165) is 40.9 Å². The molecule has 200 valence electrons. The smallest absolute Gasteiger partial charge is 0.412 e. The van der Waals surface area contributed by atoms with Crippen LogP contribution in [0, 0.1) is 17.1 Å². The number of hydrogen-bond acceptors (Lipinski definition) is 5. The van der Waals surface area contributed by atoms with Gasteiger partial charge in [0.2, 0.25) is 0 Å². The summed E-state index contributed by atoms with van der Waals surface area (Å²) < 4.78 is 26.4. The van der Waals surface area contributed by atoms with Gasteiger partial charge in [0.05, 0.1) is 30.0 Å². The average Bonchev–Trinajstić information content (AvgIpc) is 3.28. The molecule has 1 fully saturated rings. The number of halogens is 1. The summed E-state index contributed by atoms with van der Waals surface area (Å²) in [5, 5.41) is 13.8. The maximum atomic E-state index is 13.2. The molecule has 1 saturated heterocycles. The van der Waals surface area contributed by atoms with Crippen molar-refractivity contribution in [3.8, 4) is 17.3 Å². The second kappa shape index (κ2) is 11.2. The van der Waals surface area contributed by atoms with Crippen LogP contribution in [0.2, 0.25) is 0 Å². The van der Waals surface area contributed by atoms with Crippen LogP contribution in [-0.4, -0.2) is 37.0 Å². The largest absolute Gasteiger partial charge is 0.441 e. The van der Waals surface area contributed by atoms with Crippen molar-refractivity contribution in [1.82, 2.24) is 4.57 Å². The molecule has 3 aromatic carbocycles. The van der Waals surface area contributed by atoms with Crippen LogP contribution in [0.1, 0.15) is 44.0 Å². The van der Waals surface area contributed by atoms with Gasteiger partial charge in [-0.3, -0.25) is 5.32 Å². The van der Waals surface area contributed by atoms with Gasteiger partial charge in [-0.1, -0.05) is 24.3 Å². The van der Waals surface area contributed by atoms with Crippen molar-refractivity contribution < 1.29 is 18.7 Å². The molecule has 1 aliphatic rings. The maximum Gasteiger partial charge on any atom is 0.412 e. The summed E-state index contributed by atoms with van der Waals surface area (Å²) in [6.45, 7) is 9.04. The molecule has 7 nitrogen and oxygen atoms in total. The van der Waals surface area contributed by atoms with Gasteiger partial charge < -0.3 is 18.9 Å². The molecule has 1 atom stereocenters. The lowest BCUT2D eigenvalue weighted by Gasteiger charge is -2.29. The zero-order valence-corrected chi connectivity index (χ0v) is 22.3. The molecule has 5 rings (SSSR count). The van der Waals surface area contributed by atoms with Gasteiger partial charge >= 0.3 is 6.09 Å². The van der Waals surface area contributed by atoms with Crippen LogP contribution in [0.25, 0.3) is 22.2 Å². The number of benzene rings is 3. The summed E-state index contributed by atoms with van der Waals surface area (Å²) in [6, 6.07) is 22.1. The third-order valence-electron chi connectivity index (χ3n) is 7.02. The van der Waals surface area contributed by atoms with Gasteiger partial charge in [0, 0.05) is 35.9 Å². The minimum absolute atomic E-state index is 0.116. The van der Waals surface area contributed by atoms with E-state index in [2.05, 4.69) is 46.8 Å². The monoisotopic (exact) mass is 526 g/mol. The molecule has 0 unspecified atom stereocenters.